The van der Waals surface area contributed by atoms with Gasteiger partial charge in [-0.05, 0) is 31.5 Å². The zero-order valence-electron chi connectivity index (χ0n) is 21.3. The molecule has 198 valence electrons. The molecule has 2 aliphatic heterocycles. The van der Waals surface area contributed by atoms with Crippen molar-refractivity contribution < 1.29 is 32.2 Å². The fourth-order valence-electron chi connectivity index (χ4n) is 4.16. The van der Waals surface area contributed by atoms with Crippen LogP contribution in [0.25, 0.3) is 0 Å². The molecule has 2 aliphatic rings. The summed E-state index contributed by atoms with van der Waals surface area (Å²) in [5.41, 5.74) is -0.892. The second-order valence-electron chi connectivity index (χ2n) is 11.0. The Bertz CT molecular complexity index is 877. The molecule has 1 amide bonds. The largest absolute Gasteiger partial charge is 0.419 e. The summed E-state index contributed by atoms with van der Waals surface area (Å²) in [5, 5.41) is 9.45. The summed E-state index contributed by atoms with van der Waals surface area (Å²) >= 11 is 0. The predicted molar refractivity (Wildman–Crippen MR) is 127 cm³/mol. The van der Waals surface area contributed by atoms with E-state index in [4.69, 9.17) is 9.16 Å². The highest BCUT2D eigenvalue weighted by molar-refractivity contribution is 6.74. The molecule has 0 radical (unpaired) electrons. The van der Waals surface area contributed by atoms with Gasteiger partial charge in [-0.25, -0.2) is 9.97 Å². The number of aliphatic hydroxyl groups excluding tert-OH is 1. The Morgan fingerprint density at radius 3 is 2.34 bits per heavy atom. The number of nitrogens with zero attached hydrogens (tertiary/aromatic N) is 4. The molecule has 3 rings (SSSR count). The third-order valence-corrected chi connectivity index (χ3v) is 11.7. The predicted octanol–water partition coefficient (Wildman–Crippen LogP) is 3.46. The molecule has 2 fully saturated rings. The number of likely N-dealkylation sites (tertiary alicyclic amines) is 1. The van der Waals surface area contributed by atoms with Crippen molar-refractivity contribution in [2.45, 2.75) is 89.2 Å². The number of aliphatic hydroxyl groups is 1. The zero-order valence-corrected chi connectivity index (χ0v) is 22.3. The second kappa shape index (κ2) is 10.3. The number of rotatable bonds is 7. The molecule has 0 aliphatic carbocycles. The second-order valence-corrected chi connectivity index (χ2v) is 15.7. The van der Waals surface area contributed by atoms with E-state index in [9.17, 15) is 23.1 Å². The van der Waals surface area contributed by atoms with E-state index in [1.165, 1.54) is 0 Å². The van der Waals surface area contributed by atoms with Gasteiger partial charge in [0.05, 0.1) is 30.4 Å². The van der Waals surface area contributed by atoms with Gasteiger partial charge in [0.25, 0.3) is 5.91 Å². The Kier molecular flexibility index (Phi) is 8.19. The lowest BCUT2D eigenvalue weighted by atomic mass is 10.0. The van der Waals surface area contributed by atoms with Crippen LogP contribution in [0.1, 0.15) is 46.1 Å². The van der Waals surface area contributed by atoms with Crippen LogP contribution < -0.4 is 4.90 Å². The van der Waals surface area contributed by atoms with Gasteiger partial charge in [0, 0.05) is 38.4 Å². The van der Waals surface area contributed by atoms with Crippen LogP contribution >= 0.6 is 0 Å². The summed E-state index contributed by atoms with van der Waals surface area (Å²) in [6.07, 6.45) is -3.39. The smallest absolute Gasteiger partial charge is 0.410 e. The van der Waals surface area contributed by atoms with Crippen LogP contribution in [0, 0.1) is 0 Å². The van der Waals surface area contributed by atoms with Gasteiger partial charge < -0.3 is 24.1 Å². The number of piperidine rings is 1. The lowest BCUT2D eigenvalue weighted by Gasteiger charge is -2.47. The zero-order chi connectivity index (χ0) is 26.2. The highest BCUT2D eigenvalue weighted by Crippen LogP contribution is 2.39. The topological polar surface area (TPSA) is 88.0 Å². The molecule has 1 aromatic heterocycles. The molecule has 35 heavy (non-hydrogen) atoms. The van der Waals surface area contributed by atoms with E-state index in [-0.39, 0.29) is 35.6 Å². The average Bonchev–Trinajstić information content (AvgIpc) is 3.10. The molecular formula is C23H37F3N4O4Si. The summed E-state index contributed by atoms with van der Waals surface area (Å²) in [7, 11) is -2.24. The summed E-state index contributed by atoms with van der Waals surface area (Å²) in [4.78, 5) is 24.7. The van der Waals surface area contributed by atoms with Crippen molar-refractivity contribution in [3.8, 4) is 0 Å². The number of hydrogen-bond donors (Lipinski definition) is 1. The fourth-order valence-corrected chi connectivity index (χ4v) is 5.50. The molecule has 3 heterocycles. The van der Waals surface area contributed by atoms with E-state index in [2.05, 4.69) is 43.8 Å². The van der Waals surface area contributed by atoms with Crippen molar-refractivity contribution in [2.24, 2.45) is 0 Å². The first-order chi connectivity index (χ1) is 16.1. The SMILES string of the molecule is CC(O)COC1CCN([C@@H]2CCN(c3ncc(C(F)(F)F)cn3)C[C@H]2O[Si](C)(C)C(C)(C)C)C1=O. The maximum absolute atomic E-state index is 13.1. The van der Waals surface area contributed by atoms with Crippen LogP contribution in [-0.2, 0) is 20.1 Å². The molecule has 12 heteroatoms. The number of ether oxygens (including phenoxy) is 1. The first-order valence-electron chi connectivity index (χ1n) is 12.0. The van der Waals surface area contributed by atoms with Gasteiger partial charge in [-0.1, -0.05) is 20.8 Å². The molecule has 4 atom stereocenters. The summed E-state index contributed by atoms with van der Waals surface area (Å²) in [6.45, 7) is 13.8. The standard InChI is InChI=1S/C23H37F3N4O4Si/c1-15(31)14-33-18-8-10-30(20(18)32)17-7-9-29(13-19(17)34-35(5,6)22(2,3)4)21-27-11-16(12-28-21)23(24,25)26/h11-12,15,17-19,31H,7-10,13-14H2,1-6H3/t15?,17-,18?,19-/m1/s1. The molecule has 2 unspecified atom stereocenters. The molecule has 0 aromatic carbocycles. The minimum atomic E-state index is -4.50. The number of alkyl halides is 3. The van der Waals surface area contributed by atoms with Gasteiger partial charge in [0.15, 0.2) is 8.32 Å². The Balaban J connectivity index is 1.81. The molecular weight excluding hydrogens is 481 g/mol. The van der Waals surface area contributed by atoms with E-state index in [0.29, 0.717) is 32.5 Å². The van der Waals surface area contributed by atoms with Gasteiger partial charge in [0.2, 0.25) is 5.95 Å². The number of amides is 1. The lowest BCUT2D eigenvalue weighted by molar-refractivity contribution is -0.142. The first-order valence-corrected chi connectivity index (χ1v) is 14.9. The van der Waals surface area contributed by atoms with E-state index in [0.717, 1.165) is 12.4 Å². The Morgan fingerprint density at radius 2 is 1.80 bits per heavy atom. The van der Waals surface area contributed by atoms with Crippen LogP contribution in [0.4, 0.5) is 19.1 Å². The van der Waals surface area contributed by atoms with Gasteiger partial charge in [-0.15, -0.1) is 0 Å². The maximum atomic E-state index is 13.1. The van der Waals surface area contributed by atoms with Gasteiger partial charge in [0.1, 0.15) is 6.10 Å². The highest BCUT2D eigenvalue weighted by atomic mass is 28.4. The number of anilines is 1. The van der Waals surface area contributed by atoms with E-state index >= 15 is 0 Å². The first kappa shape index (κ1) is 27.8. The number of carbonyl (C=O) groups excluding carboxylic acids is 1. The van der Waals surface area contributed by atoms with Crippen molar-refractivity contribution in [3.63, 3.8) is 0 Å². The average molecular weight is 519 g/mol. The molecule has 8 nitrogen and oxygen atoms in total. The van der Waals surface area contributed by atoms with Crippen molar-refractivity contribution in [2.75, 3.05) is 31.1 Å². The normalized spacial score (nSPS) is 25.3. The van der Waals surface area contributed by atoms with Gasteiger partial charge in [-0.3, -0.25) is 4.79 Å². The van der Waals surface area contributed by atoms with Crippen molar-refractivity contribution >= 4 is 20.2 Å². The molecule has 0 saturated carbocycles. The fraction of sp³-hybridized carbons (Fsp3) is 0.783. The molecule has 2 saturated heterocycles. The number of carbonyl (C=O) groups is 1. The quantitative estimate of drug-likeness (QED) is 0.553. The van der Waals surface area contributed by atoms with Crippen LogP contribution in [0.2, 0.25) is 18.1 Å². The van der Waals surface area contributed by atoms with Crippen molar-refractivity contribution in [1.82, 2.24) is 14.9 Å². The van der Waals surface area contributed by atoms with Crippen molar-refractivity contribution in [3.05, 3.63) is 18.0 Å². The highest BCUT2D eigenvalue weighted by Gasteiger charge is 2.47. The minimum absolute atomic E-state index is 0.0669. The Morgan fingerprint density at radius 1 is 1.17 bits per heavy atom. The molecule has 0 spiro atoms. The summed E-state index contributed by atoms with van der Waals surface area (Å²) in [5.74, 6) is 0.102. The summed E-state index contributed by atoms with van der Waals surface area (Å²) in [6, 6.07) is -0.192. The monoisotopic (exact) mass is 518 g/mol. The van der Waals surface area contributed by atoms with E-state index in [1.54, 1.807) is 6.92 Å². The molecule has 1 aromatic rings. The van der Waals surface area contributed by atoms with Crippen LogP contribution in [0.5, 0.6) is 0 Å². The molecule has 1 N–H and O–H groups in total. The third-order valence-electron chi connectivity index (χ3n) is 7.15. The Labute approximate surface area is 205 Å². The van der Waals surface area contributed by atoms with Gasteiger partial charge >= 0.3 is 6.18 Å². The van der Waals surface area contributed by atoms with Crippen molar-refractivity contribution in [1.29, 1.82) is 0 Å². The van der Waals surface area contributed by atoms with Gasteiger partial charge in [-0.2, -0.15) is 13.2 Å². The number of hydrogen-bond acceptors (Lipinski definition) is 7. The Hall–Kier alpha value is -1.76. The summed E-state index contributed by atoms with van der Waals surface area (Å²) < 4.78 is 51.2. The number of aromatic nitrogens is 2. The van der Waals surface area contributed by atoms with E-state index in [1.807, 2.05) is 9.80 Å². The van der Waals surface area contributed by atoms with Crippen LogP contribution in [0.3, 0.4) is 0 Å². The lowest BCUT2D eigenvalue weighted by Crippen LogP contribution is -2.60. The third kappa shape index (κ3) is 6.52. The van der Waals surface area contributed by atoms with Crippen LogP contribution in [0.15, 0.2) is 12.4 Å². The number of halogens is 3. The van der Waals surface area contributed by atoms with E-state index < -0.39 is 32.3 Å². The maximum Gasteiger partial charge on any atom is 0.419 e. The minimum Gasteiger partial charge on any atom is -0.410 e. The van der Waals surface area contributed by atoms with Crippen LogP contribution in [-0.4, -0.2) is 84.8 Å². The molecule has 0 bridgehead atoms.